The third-order valence-electron chi connectivity index (χ3n) is 4.96. The van der Waals surface area contributed by atoms with E-state index >= 15 is 0 Å². The first-order valence-electron chi connectivity index (χ1n) is 8.82. The van der Waals surface area contributed by atoms with Crippen molar-refractivity contribution in [1.29, 1.82) is 0 Å². The van der Waals surface area contributed by atoms with Gasteiger partial charge in [-0.2, -0.15) is 0 Å². The van der Waals surface area contributed by atoms with Gasteiger partial charge in [0.25, 0.3) is 5.91 Å². The van der Waals surface area contributed by atoms with Crippen molar-refractivity contribution >= 4 is 16.9 Å². The molecule has 1 aromatic carbocycles. The van der Waals surface area contributed by atoms with E-state index in [2.05, 4.69) is 20.1 Å². The molecule has 1 fully saturated rings. The van der Waals surface area contributed by atoms with Gasteiger partial charge in [-0.25, -0.2) is 0 Å². The quantitative estimate of drug-likeness (QED) is 0.782. The molecule has 1 amide bonds. The van der Waals surface area contributed by atoms with Crippen LogP contribution in [0.4, 0.5) is 0 Å². The average molecular weight is 338 g/mol. The fourth-order valence-corrected chi connectivity index (χ4v) is 3.69. The third kappa shape index (κ3) is 3.04. The second-order valence-corrected chi connectivity index (χ2v) is 6.84. The number of amides is 1. The second-order valence-electron chi connectivity index (χ2n) is 6.84. The SMILES string of the molecule is Cc1cc2cc(C(=O)NC(C)c3nncn3C3CCCC3)ccc2o1. The van der Waals surface area contributed by atoms with Crippen LogP contribution in [0.1, 0.15) is 66.6 Å². The van der Waals surface area contributed by atoms with E-state index in [9.17, 15) is 4.79 Å². The first kappa shape index (κ1) is 15.9. The molecule has 0 radical (unpaired) electrons. The van der Waals surface area contributed by atoms with Gasteiger partial charge < -0.3 is 14.3 Å². The molecule has 1 aliphatic rings. The molecule has 2 heterocycles. The average Bonchev–Trinajstić information content (AvgIpc) is 3.32. The van der Waals surface area contributed by atoms with Gasteiger partial charge in [-0.05, 0) is 51.0 Å². The van der Waals surface area contributed by atoms with E-state index in [1.165, 1.54) is 12.8 Å². The van der Waals surface area contributed by atoms with Gasteiger partial charge in [0.15, 0.2) is 5.82 Å². The molecule has 0 bridgehead atoms. The van der Waals surface area contributed by atoms with Crippen molar-refractivity contribution in [3.05, 3.63) is 47.7 Å². The van der Waals surface area contributed by atoms with Crippen LogP contribution in [0.25, 0.3) is 11.0 Å². The van der Waals surface area contributed by atoms with E-state index in [1.54, 1.807) is 12.4 Å². The highest BCUT2D eigenvalue weighted by atomic mass is 16.3. The minimum atomic E-state index is -0.197. The molecule has 3 aromatic rings. The molecule has 1 unspecified atom stereocenters. The highest BCUT2D eigenvalue weighted by Crippen LogP contribution is 2.31. The summed E-state index contributed by atoms with van der Waals surface area (Å²) in [6.45, 7) is 3.85. The fraction of sp³-hybridized carbons (Fsp3) is 0.421. The second kappa shape index (κ2) is 6.35. The number of carbonyl (C=O) groups excluding carboxylic acids is 1. The standard InChI is InChI=1S/C19H22N4O2/c1-12-9-15-10-14(7-8-17(15)25-12)19(24)21-13(2)18-22-20-11-23(18)16-5-3-4-6-16/h7-11,13,16H,3-6H2,1-2H3,(H,21,24). The highest BCUT2D eigenvalue weighted by molar-refractivity contribution is 5.98. The fourth-order valence-electron chi connectivity index (χ4n) is 3.69. The van der Waals surface area contributed by atoms with Crippen LogP contribution < -0.4 is 5.32 Å². The predicted molar refractivity (Wildman–Crippen MR) is 94.4 cm³/mol. The van der Waals surface area contributed by atoms with Crippen LogP contribution >= 0.6 is 0 Å². The van der Waals surface area contributed by atoms with Crippen LogP contribution in [0.15, 0.2) is 35.0 Å². The number of fused-ring (bicyclic) bond motifs is 1. The van der Waals surface area contributed by atoms with Gasteiger partial charge in [0.1, 0.15) is 17.7 Å². The van der Waals surface area contributed by atoms with Crippen molar-refractivity contribution in [2.24, 2.45) is 0 Å². The topological polar surface area (TPSA) is 73.0 Å². The van der Waals surface area contributed by atoms with E-state index in [0.717, 1.165) is 35.4 Å². The Labute approximate surface area is 146 Å². The Hall–Kier alpha value is -2.63. The largest absolute Gasteiger partial charge is 0.461 e. The van der Waals surface area contributed by atoms with Crippen molar-refractivity contribution in [3.8, 4) is 0 Å². The Morgan fingerprint density at radius 3 is 2.92 bits per heavy atom. The highest BCUT2D eigenvalue weighted by Gasteiger charge is 2.23. The van der Waals surface area contributed by atoms with Crippen LogP contribution in [0.3, 0.4) is 0 Å². The van der Waals surface area contributed by atoms with Crippen molar-refractivity contribution in [3.63, 3.8) is 0 Å². The Bertz CT molecular complexity index is 905. The number of nitrogens with zero attached hydrogens (tertiary/aromatic N) is 3. The van der Waals surface area contributed by atoms with Gasteiger partial charge in [0.05, 0.1) is 6.04 Å². The summed E-state index contributed by atoms with van der Waals surface area (Å²) in [7, 11) is 0. The maximum Gasteiger partial charge on any atom is 0.251 e. The number of nitrogens with one attached hydrogen (secondary N) is 1. The van der Waals surface area contributed by atoms with Crippen molar-refractivity contribution < 1.29 is 9.21 Å². The lowest BCUT2D eigenvalue weighted by atomic mass is 10.1. The molecule has 25 heavy (non-hydrogen) atoms. The smallest absolute Gasteiger partial charge is 0.251 e. The minimum Gasteiger partial charge on any atom is -0.461 e. The van der Waals surface area contributed by atoms with Gasteiger partial charge in [-0.1, -0.05) is 12.8 Å². The van der Waals surface area contributed by atoms with E-state index in [4.69, 9.17) is 4.42 Å². The van der Waals surface area contributed by atoms with Gasteiger partial charge in [-0.15, -0.1) is 10.2 Å². The summed E-state index contributed by atoms with van der Waals surface area (Å²) in [6.07, 6.45) is 6.58. The maximum absolute atomic E-state index is 12.6. The van der Waals surface area contributed by atoms with E-state index < -0.39 is 0 Å². The molecule has 6 nitrogen and oxygen atoms in total. The summed E-state index contributed by atoms with van der Waals surface area (Å²) >= 11 is 0. The number of hydrogen-bond acceptors (Lipinski definition) is 4. The molecule has 1 N–H and O–H groups in total. The predicted octanol–water partition coefficient (Wildman–Crippen LogP) is 3.94. The van der Waals surface area contributed by atoms with Crippen LogP contribution in [-0.4, -0.2) is 20.7 Å². The van der Waals surface area contributed by atoms with Gasteiger partial charge >= 0.3 is 0 Å². The number of benzene rings is 1. The zero-order valence-corrected chi connectivity index (χ0v) is 14.5. The molecule has 1 atom stereocenters. The van der Waals surface area contributed by atoms with Crippen LogP contribution in [-0.2, 0) is 0 Å². The molecule has 0 spiro atoms. The molecule has 2 aromatic heterocycles. The maximum atomic E-state index is 12.6. The molecule has 0 saturated heterocycles. The summed E-state index contributed by atoms with van der Waals surface area (Å²) in [6, 6.07) is 7.67. The Morgan fingerprint density at radius 1 is 1.32 bits per heavy atom. The minimum absolute atomic E-state index is 0.116. The van der Waals surface area contributed by atoms with Crippen LogP contribution in [0, 0.1) is 6.92 Å². The molecule has 0 aliphatic heterocycles. The molecular weight excluding hydrogens is 316 g/mol. The number of aryl methyl sites for hydroxylation is 1. The zero-order valence-electron chi connectivity index (χ0n) is 14.5. The number of hydrogen-bond donors (Lipinski definition) is 1. The monoisotopic (exact) mass is 338 g/mol. The molecular formula is C19H22N4O2. The number of furan rings is 1. The van der Waals surface area contributed by atoms with Crippen molar-refractivity contribution in [1.82, 2.24) is 20.1 Å². The summed E-state index contributed by atoms with van der Waals surface area (Å²) in [5.41, 5.74) is 1.41. The lowest BCUT2D eigenvalue weighted by molar-refractivity contribution is 0.0937. The van der Waals surface area contributed by atoms with E-state index in [1.807, 2.05) is 32.0 Å². The molecule has 1 saturated carbocycles. The van der Waals surface area contributed by atoms with Gasteiger partial charge in [0, 0.05) is 17.0 Å². The summed E-state index contributed by atoms with van der Waals surface area (Å²) in [5, 5.41) is 12.3. The van der Waals surface area contributed by atoms with E-state index in [0.29, 0.717) is 11.6 Å². The lowest BCUT2D eigenvalue weighted by Gasteiger charge is -2.18. The molecule has 4 rings (SSSR count). The first-order valence-corrected chi connectivity index (χ1v) is 8.82. The summed E-state index contributed by atoms with van der Waals surface area (Å²) in [5.74, 6) is 1.54. The Kier molecular flexibility index (Phi) is 4.03. The number of rotatable bonds is 4. The Balaban J connectivity index is 1.52. The molecule has 130 valence electrons. The normalized spacial score (nSPS) is 16.4. The summed E-state index contributed by atoms with van der Waals surface area (Å²) < 4.78 is 7.69. The molecule has 6 heteroatoms. The van der Waals surface area contributed by atoms with Crippen molar-refractivity contribution in [2.45, 2.75) is 51.6 Å². The van der Waals surface area contributed by atoms with Crippen LogP contribution in [0.2, 0.25) is 0 Å². The number of aromatic nitrogens is 3. The molecule has 1 aliphatic carbocycles. The zero-order chi connectivity index (χ0) is 17.4. The van der Waals surface area contributed by atoms with Gasteiger partial charge in [-0.3, -0.25) is 4.79 Å². The first-order chi connectivity index (χ1) is 12.1. The van der Waals surface area contributed by atoms with Crippen molar-refractivity contribution in [2.75, 3.05) is 0 Å². The van der Waals surface area contributed by atoms with Crippen LogP contribution in [0.5, 0.6) is 0 Å². The van der Waals surface area contributed by atoms with E-state index in [-0.39, 0.29) is 11.9 Å². The van der Waals surface area contributed by atoms with Gasteiger partial charge in [0.2, 0.25) is 0 Å². The lowest BCUT2D eigenvalue weighted by Crippen LogP contribution is -2.29. The number of carbonyl (C=O) groups is 1. The Morgan fingerprint density at radius 2 is 2.12 bits per heavy atom. The summed E-state index contributed by atoms with van der Waals surface area (Å²) in [4.78, 5) is 12.6. The third-order valence-corrected chi connectivity index (χ3v) is 4.96.